The number of carbonyl (C=O) groups is 1. The maximum Gasteiger partial charge on any atom is 0.251 e. The fourth-order valence-electron chi connectivity index (χ4n) is 2.25. The van der Waals surface area contributed by atoms with Crippen LogP contribution in [0, 0.1) is 5.92 Å². The van der Waals surface area contributed by atoms with Gasteiger partial charge in [-0.2, -0.15) is 0 Å². The van der Waals surface area contributed by atoms with E-state index >= 15 is 0 Å². The van der Waals surface area contributed by atoms with Gasteiger partial charge in [-0.15, -0.1) is 0 Å². The molecular weight excluding hydrogens is 270 g/mol. The zero-order valence-corrected chi connectivity index (χ0v) is 11.2. The molecule has 21 heavy (non-hydrogen) atoms. The summed E-state index contributed by atoms with van der Waals surface area (Å²) < 4.78 is 0. The number of aromatic nitrogens is 2. The van der Waals surface area contributed by atoms with E-state index in [9.17, 15) is 4.79 Å². The Bertz CT molecular complexity index is 711. The van der Waals surface area contributed by atoms with Crippen LogP contribution in [-0.2, 0) is 0 Å². The number of benzene rings is 1. The monoisotopic (exact) mass is 285 g/mol. The highest BCUT2D eigenvalue weighted by molar-refractivity contribution is 6.00. The zero-order valence-electron chi connectivity index (χ0n) is 11.2. The Labute approximate surface area is 120 Å². The van der Waals surface area contributed by atoms with Crippen molar-refractivity contribution in [3.8, 4) is 0 Å². The minimum Gasteiger partial charge on any atom is -0.409 e. The Morgan fingerprint density at radius 2 is 2.05 bits per heavy atom. The largest absolute Gasteiger partial charge is 0.409 e. The Hall–Kier alpha value is -2.70. The molecule has 1 fully saturated rings. The lowest BCUT2D eigenvalue weighted by Gasteiger charge is -2.16. The highest BCUT2D eigenvalue weighted by Crippen LogP contribution is 2.32. The molecule has 0 radical (unpaired) electrons. The molecule has 1 heterocycles. The van der Waals surface area contributed by atoms with Crippen LogP contribution >= 0.6 is 0 Å². The number of fused-ring (bicyclic) bond motifs is 1. The predicted molar refractivity (Wildman–Crippen MR) is 76.9 cm³/mol. The number of hydrogen-bond donors (Lipinski definition) is 3. The summed E-state index contributed by atoms with van der Waals surface area (Å²) in [4.78, 5) is 20.6. The first-order valence-electron chi connectivity index (χ1n) is 6.68. The van der Waals surface area contributed by atoms with Gasteiger partial charge in [0.1, 0.15) is 0 Å². The smallest absolute Gasteiger partial charge is 0.251 e. The van der Waals surface area contributed by atoms with Gasteiger partial charge in [-0.1, -0.05) is 5.16 Å². The summed E-state index contributed by atoms with van der Waals surface area (Å²) in [5.74, 6) is 0.00239. The van der Waals surface area contributed by atoms with Gasteiger partial charge in [0.05, 0.1) is 17.1 Å². The average Bonchev–Trinajstić information content (AvgIpc) is 3.35. The third-order valence-electron chi connectivity index (χ3n) is 3.55. The van der Waals surface area contributed by atoms with Crippen molar-refractivity contribution in [1.29, 1.82) is 0 Å². The number of nitrogens with zero attached hydrogens (tertiary/aromatic N) is 3. The fraction of sp³-hybridized carbons (Fsp3) is 0.286. The van der Waals surface area contributed by atoms with Crippen LogP contribution in [0.1, 0.15) is 23.2 Å². The fourth-order valence-corrected chi connectivity index (χ4v) is 2.25. The second-order valence-electron chi connectivity index (χ2n) is 5.07. The van der Waals surface area contributed by atoms with Crippen LogP contribution in [0.15, 0.2) is 35.7 Å². The molecule has 7 nitrogen and oxygen atoms in total. The molecule has 1 unspecified atom stereocenters. The molecule has 1 aliphatic rings. The molecule has 7 heteroatoms. The third kappa shape index (κ3) is 2.76. The van der Waals surface area contributed by atoms with E-state index in [1.807, 2.05) is 0 Å². The van der Waals surface area contributed by atoms with Crippen molar-refractivity contribution in [2.45, 2.75) is 18.9 Å². The van der Waals surface area contributed by atoms with Crippen LogP contribution in [-0.4, -0.2) is 33.0 Å². The Kier molecular flexibility index (Phi) is 3.39. The second-order valence-corrected chi connectivity index (χ2v) is 5.07. The first kappa shape index (κ1) is 13.3. The number of amidine groups is 1. The molecule has 1 aromatic carbocycles. The summed E-state index contributed by atoms with van der Waals surface area (Å²) in [6.07, 6.45) is 5.10. The van der Waals surface area contributed by atoms with Gasteiger partial charge < -0.3 is 16.3 Å². The van der Waals surface area contributed by atoms with Crippen LogP contribution in [0.2, 0.25) is 0 Å². The molecule has 1 aromatic heterocycles. The van der Waals surface area contributed by atoms with Gasteiger partial charge in [0, 0.05) is 18.0 Å². The van der Waals surface area contributed by atoms with E-state index in [-0.39, 0.29) is 17.7 Å². The number of amides is 1. The maximum atomic E-state index is 12.3. The van der Waals surface area contributed by atoms with Crippen molar-refractivity contribution < 1.29 is 10.0 Å². The normalized spacial score (nSPS) is 16.7. The molecule has 1 atom stereocenters. The SMILES string of the molecule is NC(=NO)C(NC(=O)c1ccc2nccnc2c1)C1CC1. The summed E-state index contributed by atoms with van der Waals surface area (Å²) in [6, 6.07) is 4.67. The van der Waals surface area contributed by atoms with Crippen LogP contribution in [0.4, 0.5) is 0 Å². The van der Waals surface area contributed by atoms with Crippen LogP contribution in [0.25, 0.3) is 11.0 Å². The molecule has 108 valence electrons. The molecule has 1 saturated carbocycles. The second kappa shape index (κ2) is 5.35. The van der Waals surface area contributed by atoms with E-state index in [2.05, 4.69) is 20.4 Å². The lowest BCUT2D eigenvalue weighted by atomic mass is 10.1. The van der Waals surface area contributed by atoms with E-state index in [0.29, 0.717) is 11.1 Å². The number of nitrogens with two attached hydrogens (primary N) is 1. The minimum absolute atomic E-state index is 0.0337. The maximum absolute atomic E-state index is 12.3. The van der Waals surface area contributed by atoms with Crippen molar-refractivity contribution in [3.63, 3.8) is 0 Å². The number of nitrogens with one attached hydrogen (secondary N) is 1. The Morgan fingerprint density at radius 1 is 1.33 bits per heavy atom. The van der Waals surface area contributed by atoms with E-state index in [4.69, 9.17) is 10.9 Å². The topological polar surface area (TPSA) is 113 Å². The molecular formula is C14H15N5O2. The van der Waals surface area contributed by atoms with Crippen molar-refractivity contribution in [3.05, 3.63) is 36.2 Å². The summed E-state index contributed by atoms with van der Waals surface area (Å²) in [5, 5.41) is 14.6. The van der Waals surface area contributed by atoms with E-state index < -0.39 is 6.04 Å². The average molecular weight is 285 g/mol. The van der Waals surface area contributed by atoms with Crippen molar-refractivity contribution in [1.82, 2.24) is 15.3 Å². The van der Waals surface area contributed by atoms with Crippen molar-refractivity contribution in [2.24, 2.45) is 16.8 Å². The van der Waals surface area contributed by atoms with Gasteiger partial charge >= 0.3 is 0 Å². The number of hydrogen-bond acceptors (Lipinski definition) is 5. The highest BCUT2D eigenvalue weighted by atomic mass is 16.4. The first-order valence-corrected chi connectivity index (χ1v) is 6.68. The Balaban J connectivity index is 1.82. The Morgan fingerprint density at radius 3 is 2.71 bits per heavy atom. The highest BCUT2D eigenvalue weighted by Gasteiger charge is 2.35. The van der Waals surface area contributed by atoms with Gasteiger partial charge in [-0.05, 0) is 37.0 Å². The van der Waals surface area contributed by atoms with E-state index in [1.54, 1.807) is 30.6 Å². The molecule has 3 rings (SSSR count). The molecule has 1 aliphatic carbocycles. The lowest BCUT2D eigenvalue weighted by molar-refractivity contribution is 0.0943. The summed E-state index contributed by atoms with van der Waals surface area (Å²) >= 11 is 0. The minimum atomic E-state index is -0.431. The van der Waals surface area contributed by atoms with Gasteiger partial charge in [0.2, 0.25) is 0 Å². The van der Waals surface area contributed by atoms with Gasteiger partial charge in [0.15, 0.2) is 5.84 Å². The van der Waals surface area contributed by atoms with Crippen molar-refractivity contribution in [2.75, 3.05) is 0 Å². The van der Waals surface area contributed by atoms with E-state index in [0.717, 1.165) is 18.4 Å². The van der Waals surface area contributed by atoms with Gasteiger partial charge in [-0.3, -0.25) is 14.8 Å². The lowest BCUT2D eigenvalue weighted by Crippen LogP contribution is -2.46. The molecule has 0 aliphatic heterocycles. The summed E-state index contributed by atoms with van der Waals surface area (Å²) in [5.41, 5.74) is 7.49. The third-order valence-corrected chi connectivity index (χ3v) is 3.55. The standard InChI is InChI=1S/C14H15N5O2/c15-13(19-21)12(8-1-2-8)18-14(20)9-3-4-10-11(7-9)17-6-5-16-10/h3-8,12,21H,1-2H2,(H2,15,19)(H,18,20). The number of oxime groups is 1. The van der Waals surface area contributed by atoms with Gasteiger partial charge in [0.25, 0.3) is 5.91 Å². The molecule has 1 amide bonds. The predicted octanol–water partition coefficient (Wildman–Crippen LogP) is 0.885. The summed E-state index contributed by atoms with van der Waals surface area (Å²) in [7, 11) is 0. The van der Waals surface area contributed by atoms with Crippen LogP contribution in [0.3, 0.4) is 0 Å². The van der Waals surface area contributed by atoms with Crippen LogP contribution < -0.4 is 11.1 Å². The first-order chi connectivity index (χ1) is 10.2. The number of rotatable bonds is 4. The summed E-state index contributed by atoms with van der Waals surface area (Å²) in [6.45, 7) is 0. The van der Waals surface area contributed by atoms with Crippen molar-refractivity contribution >= 4 is 22.8 Å². The molecule has 0 saturated heterocycles. The van der Waals surface area contributed by atoms with Crippen LogP contribution in [0.5, 0.6) is 0 Å². The van der Waals surface area contributed by atoms with Gasteiger partial charge in [-0.25, -0.2) is 0 Å². The molecule has 2 aromatic rings. The quantitative estimate of drug-likeness (QED) is 0.334. The number of carbonyl (C=O) groups excluding carboxylic acids is 1. The van der Waals surface area contributed by atoms with E-state index in [1.165, 1.54) is 0 Å². The zero-order chi connectivity index (χ0) is 14.8. The molecule has 0 bridgehead atoms. The molecule has 4 N–H and O–H groups in total. The molecule has 0 spiro atoms.